The van der Waals surface area contributed by atoms with Gasteiger partial charge in [0, 0.05) is 5.92 Å². The van der Waals surface area contributed by atoms with E-state index in [4.69, 9.17) is 13.9 Å². The summed E-state index contributed by atoms with van der Waals surface area (Å²) in [6.07, 6.45) is 3.62. The Morgan fingerprint density at radius 2 is 1.56 bits per heavy atom. The molecule has 0 saturated carbocycles. The second-order valence-electron chi connectivity index (χ2n) is 15.5. The molecule has 4 atom stereocenters. The van der Waals surface area contributed by atoms with Crippen LogP contribution >= 0.6 is 0 Å². The maximum atomic E-state index is 13.8. The highest BCUT2D eigenvalue weighted by Gasteiger charge is 2.59. The van der Waals surface area contributed by atoms with Gasteiger partial charge in [-0.2, -0.15) is 4.90 Å². The van der Waals surface area contributed by atoms with E-state index in [0.29, 0.717) is 30.1 Å². The Labute approximate surface area is 308 Å². The van der Waals surface area contributed by atoms with Crippen molar-refractivity contribution in [2.45, 2.75) is 78.4 Å². The first-order chi connectivity index (χ1) is 24.8. The van der Waals surface area contributed by atoms with Gasteiger partial charge in [-0.25, -0.2) is 4.79 Å². The van der Waals surface area contributed by atoms with E-state index in [1.165, 1.54) is 12.7 Å². The summed E-state index contributed by atoms with van der Waals surface area (Å²) in [6, 6.07) is 24.9. The van der Waals surface area contributed by atoms with Gasteiger partial charge in [0.25, 0.3) is 8.32 Å². The molecule has 3 aromatic rings. The fourth-order valence-electron chi connectivity index (χ4n) is 8.81. The van der Waals surface area contributed by atoms with Crippen molar-refractivity contribution in [3.05, 3.63) is 106 Å². The molecule has 1 N–H and O–H groups in total. The zero-order valence-corrected chi connectivity index (χ0v) is 32.4. The molecule has 52 heavy (non-hydrogen) atoms. The van der Waals surface area contributed by atoms with Gasteiger partial charge in [0.15, 0.2) is 0 Å². The fourth-order valence-corrected chi connectivity index (χ4v) is 13.4. The first-order valence-corrected chi connectivity index (χ1v) is 20.3. The van der Waals surface area contributed by atoms with Gasteiger partial charge in [0.2, 0.25) is 11.8 Å². The minimum Gasteiger partial charge on any atom is -0.507 e. The summed E-state index contributed by atoms with van der Waals surface area (Å²) in [5.41, 5.74) is 6.01. The highest BCUT2D eigenvalue weighted by molar-refractivity contribution is 6.99. The van der Waals surface area contributed by atoms with E-state index in [1.54, 1.807) is 0 Å². The number of rotatable bonds is 10. The number of methoxy groups -OCH3 is 1. The Morgan fingerprint density at radius 1 is 0.962 bits per heavy atom. The molecule has 6 rings (SSSR count). The number of amides is 3. The molecule has 3 aromatic carbocycles. The summed E-state index contributed by atoms with van der Waals surface area (Å²) in [6.45, 7) is 13.2. The summed E-state index contributed by atoms with van der Waals surface area (Å²) in [4.78, 5) is 40.9. The number of carbonyl (C=O) groups excluding carboxylic acids is 3. The molecule has 2 fully saturated rings. The SMILES string of the molecule is CC/C(=C\c1cc(C)c(O)c(C)c1)CC[C@H]1OC[C@H]2C1=C(CO[Si](c1ccccc1)(c1ccccc1)C(C)(C)C)C[C@H]1C(=O)N(C(=O)OC)C(=O)[C@H]12. The van der Waals surface area contributed by atoms with Gasteiger partial charge in [0.05, 0.1) is 38.3 Å². The molecule has 3 amide bonds. The van der Waals surface area contributed by atoms with Crippen molar-refractivity contribution in [3.63, 3.8) is 0 Å². The zero-order valence-electron chi connectivity index (χ0n) is 31.4. The van der Waals surface area contributed by atoms with Crippen LogP contribution in [-0.4, -0.2) is 62.7 Å². The summed E-state index contributed by atoms with van der Waals surface area (Å²) < 4.78 is 18.8. The monoisotopic (exact) mass is 721 g/mol. The van der Waals surface area contributed by atoms with Gasteiger partial charge in [0.1, 0.15) is 5.75 Å². The number of imide groups is 3. The number of benzene rings is 3. The number of hydrogen-bond acceptors (Lipinski definition) is 7. The maximum absolute atomic E-state index is 13.8. The van der Waals surface area contributed by atoms with Crippen molar-refractivity contribution in [1.82, 2.24) is 4.90 Å². The Morgan fingerprint density at radius 3 is 2.10 bits per heavy atom. The van der Waals surface area contributed by atoms with Crippen molar-refractivity contribution in [3.8, 4) is 5.75 Å². The molecule has 9 heteroatoms. The minimum atomic E-state index is -2.94. The lowest BCUT2D eigenvalue weighted by Gasteiger charge is -2.44. The van der Waals surface area contributed by atoms with Crippen molar-refractivity contribution in [2.75, 3.05) is 20.3 Å². The van der Waals surface area contributed by atoms with Crippen LogP contribution in [0.15, 0.2) is 89.5 Å². The van der Waals surface area contributed by atoms with Crippen LogP contribution in [0.25, 0.3) is 6.08 Å². The van der Waals surface area contributed by atoms with Crippen molar-refractivity contribution in [2.24, 2.45) is 17.8 Å². The largest absolute Gasteiger partial charge is 0.507 e. The van der Waals surface area contributed by atoms with Crippen molar-refractivity contribution in [1.29, 1.82) is 0 Å². The van der Waals surface area contributed by atoms with Crippen LogP contribution in [0.2, 0.25) is 5.04 Å². The lowest BCUT2D eigenvalue weighted by molar-refractivity contribution is -0.137. The summed E-state index contributed by atoms with van der Waals surface area (Å²) in [5.74, 6) is -2.42. The number of phenolic OH excluding ortho intramolecular Hbond substituents is 1. The third-order valence-corrected chi connectivity index (χ3v) is 16.3. The Kier molecular flexibility index (Phi) is 10.8. The third-order valence-electron chi connectivity index (χ3n) is 11.3. The molecule has 1 aliphatic carbocycles. The average Bonchev–Trinajstić information content (AvgIpc) is 3.66. The van der Waals surface area contributed by atoms with Crippen LogP contribution in [0, 0.1) is 31.6 Å². The minimum absolute atomic E-state index is 0.254. The van der Waals surface area contributed by atoms with E-state index in [9.17, 15) is 19.5 Å². The molecular formula is C43H51NO7Si. The third kappa shape index (κ3) is 6.70. The summed E-state index contributed by atoms with van der Waals surface area (Å²) >= 11 is 0. The van der Waals surface area contributed by atoms with Crippen molar-refractivity contribution < 1.29 is 33.4 Å². The topological polar surface area (TPSA) is 102 Å². The average molecular weight is 722 g/mol. The van der Waals surface area contributed by atoms with Gasteiger partial charge in [-0.05, 0) is 94.9 Å². The second kappa shape index (κ2) is 15.0. The van der Waals surface area contributed by atoms with Crippen LogP contribution in [0.4, 0.5) is 4.79 Å². The zero-order chi connectivity index (χ0) is 37.4. The molecular weight excluding hydrogens is 671 g/mol. The molecule has 274 valence electrons. The van der Waals surface area contributed by atoms with Gasteiger partial charge in [-0.15, -0.1) is 0 Å². The van der Waals surface area contributed by atoms with Crippen LogP contribution in [-0.2, 0) is 23.5 Å². The van der Waals surface area contributed by atoms with E-state index in [1.807, 2.05) is 38.1 Å². The lowest BCUT2D eigenvalue weighted by atomic mass is 9.69. The highest BCUT2D eigenvalue weighted by Crippen LogP contribution is 2.50. The summed E-state index contributed by atoms with van der Waals surface area (Å²) in [5, 5.41) is 12.4. The molecule has 2 aliphatic heterocycles. The van der Waals surface area contributed by atoms with E-state index in [-0.39, 0.29) is 23.7 Å². The number of aromatic hydroxyl groups is 1. The van der Waals surface area contributed by atoms with Crippen LogP contribution in [0.1, 0.15) is 70.1 Å². The molecule has 2 saturated heterocycles. The Hall–Kier alpha value is -4.31. The van der Waals surface area contributed by atoms with Gasteiger partial charge in [-0.1, -0.05) is 100 Å². The number of phenols is 1. The van der Waals surface area contributed by atoms with Crippen LogP contribution in [0.3, 0.4) is 0 Å². The normalized spacial score (nSPS) is 22.1. The van der Waals surface area contributed by atoms with Crippen LogP contribution in [0.5, 0.6) is 5.75 Å². The number of ether oxygens (including phenoxy) is 2. The molecule has 0 bridgehead atoms. The predicted molar refractivity (Wildman–Crippen MR) is 205 cm³/mol. The molecule has 0 radical (unpaired) electrons. The quantitative estimate of drug-likeness (QED) is 0.134. The second-order valence-corrected chi connectivity index (χ2v) is 19.8. The number of allylic oxidation sites excluding steroid dienone is 1. The molecule has 0 unspecified atom stereocenters. The Bertz CT molecular complexity index is 1830. The molecule has 0 spiro atoms. The van der Waals surface area contributed by atoms with Crippen LogP contribution < -0.4 is 10.4 Å². The van der Waals surface area contributed by atoms with E-state index >= 15 is 0 Å². The molecule has 8 nitrogen and oxygen atoms in total. The lowest BCUT2D eigenvalue weighted by Crippen LogP contribution is -2.66. The van der Waals surface area contributed by atoms with E-state index in [0.717, 1.165) is 51.1 Å². The Balaban J connectivity index is 1.39. The van der Waals surface area contributed by atoms with Gasteiger partial charge < -0.3 is 19.0 Å². The number of aryl methyl sites for hydroxylation is 2. The fraction of sp³-hybridized carbons (Fsp3) is 0.419. The maximum Gasteiger partial charge on any atom is 0.423 e. The number of fused-ring (bicyclic) bond motifs is 3. The number of nitrogens with zero attached hydrogens (tertiary/aromatic N) is 1. The first-order valence-electron chi connectivity index (χ1n) is 18.4. The number of hydrogen-bond donors (Lipinski definition) is 1. The van der Waals surface area contributed by atoms with Gasteiger partial charge in [-0.3, -0.25) is 9.59 Å². The smallest absolute Gasteiger partial charge is 0.423 e. The standard InChI is InChI=1S/C43H51NO7Si/c1-8-29(23-30-21-27(2)39(45)28(3)22-30)19-20-36-37-31(24-34-38(35(37)26-50-36)41(47)44(40(34)46)42(48)49-7)25-51-52(43(4,5)6,32-15-11-9-12-16-32)33-17-13-10-14-18-33/h9-18,21-23,34-36,38,45H,8,19-20,24-26H2,1-7H3/b29-23+/t34-,35+,36-,38-/m1/s1. The number of likely N-dealkylation sites (tertiary alicyclic amines) is 1. The van der Waals surface area contributed by atoms with E-state index in [2.05, 4.69) is 82.3 Å². The molecule has 3 aliphatic rings. The molecule has 2 heterocycles. The summed E-state index contributed by atoms with van der Waals surface area (Å²) in [7, 11) is -1.75. The van der Waals surface area contributed by atoms with E-state index < -0.39 is 38.1 Å². The predicted octanol–water partition coefficient (Wildman–Crippen LogP) is 7.24. The van der Waals surface area contributed by atoms with Gasteiger partial charge >= 0.3 is 6.09 Å². The number of carbonyl (C=O) groups is 3. The highest BCUT2D eigenvalue weighted by atomic mass is 28.4. The molecule has 0 aromatic heterocycles. The van der Waals surface area contributed by atoms with Crippen molar-refractivity contribution >= 4 is 42.7 Å². The first kappa shape index (κ1) is 37.4.